The van der Waals surface area contributed by atoms with Gasteiger partial charge in [0.15, 0.2) is 0 Å². The number of rotatable bonds is 4. The molecule has 0 amide bonds. The Morgan fingerprint density at radius 2 is 1.96 bits per heavy atom. The van der Waals surface area contributed by atoms with E-state index in [9.17, 15) is 0 Å². The van der Waals surface area contributed by atoms with Gasteiger partial charge in [-0.3, -0.25) is 0 Å². The van der Waals surface area contributed by atoms with Gasteiger partial charge in [-0.1, -0.05) is 12.1 Å². The van der Waals surface area contributed by atoms with Crippen LogP contribution < -0.4 is 15.8 Å². The number of ether oxygens (including phenoxy) is 2. The maximum atomic E-state index is 7.56. The number of benzene rings is 2. The smallest absolute Gasteiger partial charge is 0.260 e. The van der Waals surface area contributed by atoms with Gasteiger partial charge in [-0.2, -0.15) is 0 Å². The third kappa shape index (κ3) is 6.63. The Bertz CT molecular complexity index is 907. The third-order valence-electron chi connectivity index (χ3n) is 3.32. The average molecular weight is 422 g/mol. The Morgan fingerprint density at radius 1 is 1.26 bits per heavy atom. The lowest BCUT2D eigenvalue weighted by atomic mass is 10.2. The van der Waals surface area contributed by atoms with E-state index in [1.165, 1.54) is 4.70 Å². The average Bonchev–Trinajstić information content (AvgIpc) is 3.04. The second-order valence-electron chi connectivity index (χ2n) is 5.30. The minimum Gasteiger partial charge on any atom is -0.487 e. The predicted octanol–water partition coefficient (Wildman–Crippen LogP) is 4.31. The zero-order chi connectivity index (χ0) is 19.8. The summed E-state index contributed by atoms with van der Waals surface area (Å²) in [6.45, 7) is 2.45. The molecule has 0 unspecified atom stereocenters. The SMILES string of the molecule is COC(=S)Nc1ccc(OCc2nc3ccccc3s2)cc1C.NC(O)=S. The lowest BCUT2D eigenvalue weighted by Crippen LogP contribution is -2.11. The van der Waals surface area contributed by atoms with Gasteiger partial charge in [-0.25, -0.2) is 4.98 Å². The largest absolute Gasteiger partial charge is 0.487 e. The number of aliphatic hydroxyl groups is 1. The molecule has 0 saturated heterocycles. The topological polar surface area (TPSA) is 89.6 Å². The number of nitrogens with two attached hydrogens (primary N) is 1. The Kier molecular flexibility index (Phi) is 7.71. The summed E-state index contributed by atoms with van der Waals surface area (Å²) in [5.74, 6) is 0.802. The van der Waals surface area contributed by atoms with E-state index in [1.807, 2.05) is 43.3 Å². The Labute approximate surface area is 171 Å². The molecule has 0 fully saturated rings. The van der Waals surface area contributed by atoms with Crippen molar-refractivity contribution in [2.45, 2.75) is 13.5 Å². The summed E-state index contributed by atoms with van der Waals surface area (Å²) in [7, 11) is 1.54. The molecule has 0 spiro atoms. The van der Waals surface area contributed by atoms with Gasteiger partial charge in [-0.05, 0) is 67.3 Å². The molecule has 3 rings (SSSR count). The van der Waals surface area contributed by atoms with Crippen molar-refractivity contribution in [3.05, 3.63) is 53.0 Å². The van der Waals surface area contributed by atoms with E-state index in [4.69, 9.17) is 26.8 Å². The summed E-state index contributed by atoms with van der Waals surface area (Å²) < 4.78 is 12.0. The first-order valence-electron chi connectivity index (χ1n) is 7.80. The van der Waals surface area contributed by atoms with Crippen LogP contribution in [-0.4, -0.2) is 27.5 Å². The maximum absolute atomic E-state index is 7.56. The second-order valence-corrected chi connectivity index (χ2v) is 7.20. The second kappa shape index (κ2) is 10.0. The molecular formula is C18H19N3O3S3. The molecule has 6 nitrogen and oxygen atoms in total. The van der Waals surface area contributed by atoms with Gasteiger partial charge in [0, 0.05) is 5.69 Å². The van der Waals surface area contributed by atoms with Crippen LogP contribution in [0.2, 0.25) is 0 Å². The van der Waals surface area contributed by atoms with Gasteiger partial charge >= 0.3 is 0 Å². The Balaban J connectivity index is 0.000000596. The van der Waals surface area contributed by atoms with Crippen LogP contribution in [0.3, 0.4) is 0 Å². The molecule has 0 atom stereocenters. The van der Waals surface area contributed by atoms with Crippen LogP contribution in [0.5, 0.6) is 5.75 Å². The van der Waals surface area contributed by atoms with Gasteiger partial charge in [0.05, 0.1) is 17.3 Å². The number of anilines is 1. The highest BCUT2D eigenvalue weighted by molar-refractivity contribution is 7.80. The first kappa shape index (κ1) is 20.8. The molecule has 0 aliphatic carbocycles. The van der Waals surface area contributed by atoms with Crippen molar-refractivity contribution in [1.82, 2.24) is 4.98 Å². The monoisotopic (exact) mass is 421 g/mol. The number of aliphatic hydroxyl groups excluding tert-OH is 1. The number of thiocarbonyl (C=S) groups is 2. The number of aryl methyl sites for hydroxylation is 1. The van der Waals surface area contributed by atoms with Crippen LogP contribution in [0, 0.1) is 6.92 Å². The molecule has 1 heterocycles. The number of thiazole rings is 1. The number of hydrogen-bond donors (Lipinski definition) is 3. The fourth-order valence-corrected chi connectivity index (χ4v) is 3.14. The molecule has 27 heavy (non-hydrogen) atoms. The summed E-state index contributed by atoms with van der Waals surface area (Å²) in [4.78, 5) is 4.57. The summed E-state index contributed by atoms with van der Waals surface area (Å²) in [6, 6.07) is 13.9. The van der Waals surface area contributed by atoms with Crippen LogP contribution in [0.25, 0.3) is 10.2 Å². The van der Waals surface area contributed by atoms with Gasteiger partial charge in [0.2, 0.25) is 0 Å². The Hall–Kier alpha value is -2.49. The highest BCUT2D eigenvalue weighted by Crippen LogP contribution is 2.25. The van der Waals surface area contributed by atoms with Crippen LogP contribution in [-0.2, 0) is 11.3 Å². The summed E-state index contributed by atoms with van der Waals surface area (Å²) >= 11 is 10.5. The van der Waals surface area contributed by atoms with E-state index in [0.29, 0.717) is 11.8 Å². The van der Waals surface area contributed by atoms with Crippen molar-refractivity contribution in [1.29, 1.82) is 0 Å². The number of fused-ring (bicyclic) bond motifs is 1. The number of aromatic nitrogens is 1. The molecule has 2 aromatic carbocycles. The van der Waals surface area contributed by atoms with Crippen molar-refractivity contribution < 1.29 is 14.6 Å². The van der Waals surface area contributed by atoms with E-state index in [2.05, 4.69) is 34.3 Å². The molecule has 0 aliphatic heterocycles. The number of para-hydroxylation sites is 1. The summed E-state index contributed by atoms with van der Waals surface area (Å²) in [6.07, 6.45) is 0. The fraction of sp³-hybridized carbons (Fsp3) is 0.167. The normalized spacial score (nSPS) is 9.85. The van der Waals surface area contributed by atoms with Crippen LogP contribution >= 0.6 is 35.8 Å². The van der Waals surface area contributed by atoms with E-state index < -0.39 is 5.17 Å². The summed E-state index contributed by atoms with van der Waals surface area (Å²) in [5.41, 5.74) is 7.35. The fourth-order valence-electron chi connectivity index (χ4n) is 2.15. The highest BCUT2D eigenvalue weighted by atomic mass is 32.1. The zero-order valence-corrected chi connectivity index (χ0v) is 17.2. The minimum atomic E-state index is -0.500. The molecule has 3 aromatic rings. The van der Waals surface area contributed by atoms with Gasteiger partial charge in [0.1, 0.15) is 17.4 Å². The van der Waals surface area contributed by atoms with Crippen molar-refractivity contribution in [2.75, 3.05) is 12.4 Å². The molecular weight excluding hydrogens is 402 g/mol. The molecule has 1 aromatic heterocycles. The van der Waals surface area contributed by atoms with E-state index in [-0.39, 0.29) is 0 Å². The molecule has 0 saturated carbocycles. The minimum absolute atomic E-state index is 0.344. The molecule has 0 bridgehead atoms. The van der Waals surface area contributed by atoms with Crippen LogP contribution in [0.1, 0.15) is 10.6 Å². The van der Waals surface area contributed by atoms with Gasteiger partial charge in [-0.15, -0.1) is 11.3 Å². The van der Waals surface area contributed by atoms with Crippen molar-refractivity contribution in [2.24, 2.45) is 5.73 Å². The predicted molar refractivity (Wildman–Crippen MR) is 118 cm³/mol. The lowest BCUT2D eigenvalue weighted by Gasteiger charge is -2.11. The third-order valence-corrected chi connectivity index (χ3v) is 4.60. The molecule has 4 N–H and O–H groups in total. The molecule has 0 aliphatic rings. The zero-order valence-electron chi connectivity index (χ0n) is 14.8. The Morgan fingerprint density at radius 3 is 2.59 bits per heavy atom. The summed E-state index contributed by atoms with van der Waals surface area (Å²) in [5, 5.41) is 11.4. The first-order valence-corrected chi connectivity index (χ1v) is 9.43. The number of methoxy groups -OCH3 is 1. The van der Waals surface area contributed by atoms with Gasteiger partial charge < -0.3 is 25.6 Å². The number of nitrogens with zero attached hydrogens (tertiary/aromatic N) is 1. The number of nitrogens with one attached hydrogen (secondary N) is 1. The van der Waals surface area contributed by atoms with Crippen molar-refractivity contribution >= 4 is 62.0 Å². The lowest BCUT2D eigenvalue weighted by molar-refractivity contribution is 0.305. The highest BCUT2D eigenvalue weighted by Gasteiger charge is 2.06. The molecule has 0 radical (unpaired) electrons. The van der Waals surface area contributed by atoms with E-state index >= 15 is 0 Å². The van der Waals surface area contributed by atoms with Crippen molar-refractivity contribution in [3.63, 3.8) is 0 Å². The van der Waals surface area contributed by atoms with E-state index in [1.54, 1.807) is 18.4 Å². The molecule has 142 valence electrons. The van der Waals surface area contributed by atoms with E-state index in [0.717, 1.165) is 27.5 Å². The quantitative estimate of drug-likeness (QED) is 0.537. The van der Waals surface area contributed by atoms with Crippen LogP contribution in [0.4, 0.5) is 5.69 Å². The van der Waals surface area contributed by atoms with Gasteiger partial charge in [0.25, 0.3) is 10.3 Å². The standard InChI is InChI=1S/C17H16N2O2S2.CH3NOS/c1-11-9-12(7-8-13(11)19-17(22)20-2)21-10-16-18-14-5-3-4-6-15(14)23-16;2-1(3)4/h3-9H,10H2,1-2H3,(H,19,22);(H3,2,3,4). The first-order chi connectivity index (χ1) is 12.9. The van der Waals surface area contributed by atoms with Crippen molar-refractivity contribution in [3.8, 4) is 5.75 Å². The molecule has 9 heteroatoms. The number of hydrogen-bond acceptors (Lipinski definition) is 6. The maximum Gasteiger partial charge on any atom is 0.260 e. The van der Waals surface area contributed by atoms with Crippen LogP contribution in [0.15, 0.2) is 42.5 Å².